The quantitative estimate of drug-likeness (QED) is 0.204. The zero-order chi connectivity index (χ0) is 21.2. The predicted molar refractivity (Wildman–Crippen MR) is 104 cm³/mol. The fourth-order valence-corrected chi connectivity index (χ4v) is 6.33. The lowest BCUT2D eigenvalue weighted by atomic mass is 10.1. The molecule has 3 N–H and O–H groups in total. The first-order chi connectivity index (χ1) is 13.9. The number of carbonyl (C=O) groups is 5. The highest BCUT2D eigenvalue weighted by Crippen LogP contribution is 2.41. The lowest BCUT2D eigenvalue weighted by Crippen LogP contribution is -2.50. The number of hydrogen-bond acceptors (Lipinski definition) is 9. The molecule has 29 heavy (non-hydrogen) atoms. The number of nitrogens with zero attached hydrogens (tertiary/aromatic N) is 1. The first-order valence-electron chi connectivity index (χ1n) is 8.89. The Hall–Kier alpha value is -2.15. The van der Waals surface area contributed by atoms with Crippen molar-refractivity contribution in [2.45, 2.75) is 42.0 Å². The first kappa shape index (κ1) is 23.1. The number of thioether (sulfide) groups is 2. The molecule has 3 amide bonds. The van der Waals surface area contributed by atoms with Crippen molar-refractivity contribution in [3.63, 3.8) is 0 Å². The van der Waals surface area contributed by atoms with Gasteiger partial charge in [0.2, 0.25) is 5.91 Å². The van der Waals surface area contributed by atoms with Gasteiger partial charge in [0, 0.05) is 41.5 Å². The van der Waals surface area contributed by atoms with Crippen LogP contribution in [0.1, 0.15) is 19.3 Å². The Morgan fingerprint density at radius 3 is 2.38 bits per heavy atom. The van der Waals surface area contributed by atoms with Gasteiger partial charge in [-0.3, -0.25) is 14.4 Å². The molecule has 4 atom stereocenters. The predicted octanol–water partition coefficient (Wildman–Crippen LogP) is -0.402. The first-order valence-corrected chi connectivity index (χ1v) is 11.0. The van der Waals surface area contributed by atoms with Gasteiger partial charge >= 0.3 is 12.0 Å². The Kier molecular flexibility index (Phi) is 9.38. The highest BCUT2D eigenvalue weighted by Gasteiger charge is 2.39. The molecule has 2 fully saturated rings. The van der Waals surface area contributed by atoms with Gasteiger partial charge in [-0.15, -0.1) is 23.5 Å². The van der Waals surface area contributed by atoms with Crippen LogP contribution < -0.4 is 10.6 Å². The molecule has 2 heterocycles. The van der Waals surface area contributed by atoms with Crippen molar-refractivity contribution in [3.05, 3.63) is 0 Å². The molecule has 1 unspecified atom stereocenters. The van der Waals surface area contributed by atoms with Crippen molar-refractivity contribution in [2.24, 2.45) is 0 Å². The highest BCUT2D eigenvalue weighted by molar-refractivity contribution is 8.19. The third kappa shape index (κ3) is 7.31. The van der Waals surface area contributed by atoms with Gasteiger partial charge in [-0.2, -0.15) is 0 Å². The van der Waals surface area contributed by atoms with E-state index in [0.29, 0.717) is 23.6 Å². The second-order valence-electron chi connectivity index (χ2n) is 6.35. The van der Waals surface area contributed by atoms with Crippen LogP contribution in [0.15, 0.2) is 0 Å². The molecule has 2 rings (SSSR count). The summed E-state index contributed by atoms with van der Waals surface area (Å²) in [5, 5.41) is 15.7. The van der Waals surface area contributed by atoms with Gasteiger partial charge in [-0.25, -0.2) is 9.59 Å². The molecule has 2 saturated heterocycles. The highest BCUT2D eigenvalue weighted by atomic mass is 32.2. The van der Waals surface area contributed by atoms with Crippen LogP contribution in [-0.2, 0) is 28.7 Å². The zero-order valence-corrected chi connectivity index (χ0v) is 17.1. The van der Waals surface area contributed by atoms with Crippen LogP contribution in [0.2, 0.25) is 0 Å². The summed E-state index contributed by atoms with van der Waals surface area (Å²) in [4.78, 5) is 58.2. The van der Waals surface area contributed by atoms with Crippen molar-refractivity contribution >= 4 is 54.4 Å². The van der Waals surface area contributed by atoms with E-state index < -0.39 is 24.3 Å². The Labute approximate surface area is 175 Å². The largest absolute Gasteiger partial charge is 0.480 e. The number of fused-ring (bicyclic) bond motifs is 1. The van der Waals surface area contributed by atoms with Crippen LogP contribution in [-0.4, -0.2) is 88.4 Å². The van der Waals surface area contributed by atoms with E-state index in [2.05, 4.69) is 20.1 Å². The van der Waals surface area contributed by atoms with E-state index in [9.17, 15) is 29.1 Å². The molecule has 0 saturated carbocycles. The monoisotopic (exact) mass is 449 g/mol. The van der Waals surface area contributed by atoms with E-state index in [4.69, 9.17) is 0 Å². The van der Waals surface area contributed by atoms with Gasteiger partial charge in [0.1, 0.15) is 6.04 Å². The number of carboxylic acid groups (broad SMARTS) is 1. The number of ether oxygens (including phenoxy) is 2. The van der Waals surface area contributed by atoms with Crippen LogP contribution in [0.3, 0.4) is 0 Å². The van der Waals surface area contributed by atoms with E-state index in [1.165, 1.54) is 0 Å². The second-order valence-corrected chi connectivity index (χ2v) is 9.17. The van der Waals surface area contributed by atoms with Crippen LogP contribution in [0.5, 0.6) is 0 Å². The average molecular weight is 450 g/mol. The van der Waals surface area contributed by atoms with Gasteiger partial charge < -0.3 is 30.1 Å². The molecule has 162 valence electrons. The summed E-state index contributed by atoms with van der Waals surface area (Å²) in [6.45, 7) is 1.55. The van der Waals surface area contributed by atoms with Crippen molar-refractivity contribution in [1.29, 1.82) is 0 Å². The zero-order valence-electron chi connectivity index (χ0n) is 15.5. The summed E-state index contributed by atoms with van der Waals surface area (Å²) in [7, 11) is 0. The van der Waals surface area contributed by atoms with E-state index in [0.717, 1.165) is 5.08 Å². The minimum atomic E-state index is -1.28. The fraction of sp³-hybridized carbons (Fsp3) is 0.688. The second kappa shape index (κ2) is 11.8. The van der Waals surface area contributed by atoms with Crippen molar-refractivity contribution in [2.75, 3.05) is 24.8 Å². The fourth-order valence-electron chi connectivity index (χ4n) is 2.98. The number of carbonyl (C=O) groups excluding carboxylic acids is 4. The van der Waals surface area contributed by atoms with Gasteiger partial charge in [0.15, 0.2) is 6.23 Å². The van der Waals surface area contributed by atoms with Crippen LogP contribution in [0.4, 0.5) is 4.79 Å². The summed E-state index contributed by atoms with van der Waals surface area (Å²) in [5.74, 6) is -1.42. The molecule has 11 nitrogen and oxygen atoms in total. The summed E-state index contributed by atoms with van der Waals surface area (Å²) in [6, 6.07) is -2.17. The van der Waals surface area contributed by atoms with Crippen LogP contribution >= 0.6 is 23.5 Å². The maximum absolute atomic E-state index is 12.4. The normalized spacial score (nSPS) is 22.1. The van der Waals surface area contributed by atoms with Crippen molar-refractivity contribution in [1.82, 2.24) is 15.5 Å². The number of hydrogen-bond donors (Lipinski definition) is 3. The maximum atomic E-state index is 12.4. The third-order valence-electron chi connectivity index (χ3n) is 4.46. The van der Waals surface area contributed by atoms with Crippen molar-refractivity contribution < 1.29 is 38.6 Å². The standard InChI is InChI=1S/C16H23N3O8S2/c20-7-26-4-3-13(27-8-21)18-16(25)17-10(15(23)24)1-2-14(22)19-5-11-12(6-19)29-9-28-11/h7-8,10-13H,1-6,9H2,(H,23,24)(H2,17,18,25)/t10-,11-,12?,13+/m0/s1. The lowest BCUT2D eigenvalue weighted by Gasteiger charge is -2.21. The Morgan fingerprint density at radius 1 is 1.10 bits per heavy atom. The minimum absolute atomic E-state index is 0.00551. The number of carboxylic acids is 1. The number of aliphatic carboxylic acids is 1. The van der Waals surface area contributed by atoms with Gasteiger partial charge in [-0.05, 0) is 6.42 Å². The smallest absolute Gasteiger partial charge is 0.326 e. The molecule has 2 aliphatic rings. The topological polar surface area (TPSA) is 151 Å². The molecule has 0 spiro atoms. The molecule has 2 aliphatic heterocycles. The number of nitrogens with one attached hydrogen (secondary N) is 2. The van der Waals surface area contributed by atoms with E-state index >= 15 is 0 Å². The molecule has 0 bridgehead atoms. The van der Waals surface area contributed by atoms with Gasteiger partial charge in [-0.1, -0.05) is 0 Å². The van der Waals surface area contributed by atoms with E-state index in [-0.39, 0.29) is 44.7 Å². The minimum Gasteiger partial charge on any atom is -0.480 e. The molecule has 0 aromatic heterocycles. The maximum Gasteiger partial charge on any atom is 0.326 e. The SMILES string of the molecule is O=COCC[C@H](NC(=O)N[C@@H](CCC(=O)N1CC2SCS[C@H]2C1)C(=O)O)OC=O. The third-order valence-corrected chi connectivity index (χ3v) is 7.53. The average Bonchev–Trinajstić information content (AvgIpc) is 3.27. The molecule has 13 heteroatoms. The molecular weight excluding hydrogens is 426 g/mol. The van der Waals surface area contributed by atoms with Crippen molar-refractivity contribution in [3.8, 4) is 0 Å². The number of rotatable bonds is 12. The van der Waals surface area contributed by atoms with Crippen LogP contribution in [0.25, 0.3) is 0 Å². The molecule has 0 aromatic carbocycles. The van der Waals surface area contributed by atoms with Gasteiger partial charge in [0.25, 0.3) is 12.9 Å². The van der Waals surface area contributed by atoms with E-state index in [1.807, 2.05) is 23.5 Å². The number of likely N-dealkylation sites (tertiary alicyclic amines) is 1. The summed E-state index contributed by atoms with van der Waals surface area (Å²) < 4.78 is 9.11. The number of amides is 3. The lowest BCUT2D eigenvalue weighted by molar-refractivity contribution is -0.140. The summed E-state index contributed by atoms with van der Waals surface area (Å²) >= 11 is 3.67. The van der Waals surface area contributed by atoms with E-state index in [1.54, 1.807) is 4.90 Å². The summed E-state index contributed by atoms with van der Waals surface area (Å²) in [6.07, 6.45) is -1.18. The summed E-state index contributed by atoms with van der Waals surface area (Å²) in [5.41, 5.74) is 0. The Bertz CT molecular complexity index is 611. The van der Waals surface area contributed by atoms with Crippen LogP contribution in [0, 0.1) is 0 Å². The molecule has 0 radical (unpaired) electrons. The Balaban J connectivity index is 1.78. The molecule has 0 aliphatic carbocycles. The van der Waals surface area contributed by atoms with Gasteiger partial charge in [0.05, 0.1) is 6.61 Å². The molecular formula is C16H23N3O8S2. The number of urea groups is 1. The Morgan fingerprint density at radius 2 is 1.79 bits per heavy atom. The molecule has 0 aromatic rings.